The number of hydrogen-bond acceptors (Lipinski definition) is 3. The van der Waals surface area contributed by atoms with Crippen molar-refractivity contribution in [3.8, 4) is 0 Å². The summed E-state index contributed by atoms with van der Waals surface area (Å²) in [5.41, 5.74) is 0.774. The summed E-state index contributed by atoms with van der Waals surface area (Å²) in [6, 6.07) is 7.45. The quantitative estimate of drug-likeness (QED) is 0.797. The number of halogens is 1. The predicted molar refractivity (Wildman–Crippen MR) is 95.5 cm³/mol. The Bertz CT molecular complexity index is 635. The van der Waals surface area contributed by atoms with Crippen LogP contribution in [0.5, 0.6) is 0 Å². The predicted octanol–water partition coefficient (Wildman–Crippen LogP) is 1.79. The summed E-state index contributed by atoms with van der Waals surface area (Å²) in [5, 5.41) is 2.69. The third-order valence-electron chi connectivity index (χ3n) is 4.00. The van der Waals surface area contributed by atoms with Crippen molar-refractivity contribution in [3.05, 3.63) is 28.7 Å². The van der Waals surface area contributed by atoms with Crippen LogP contribution < -0.4 is 10.2 Å². The number of amides is 3. The Kier molecular flexibility index (Phi) is 6.36. The number of likely N-dealkylation sites (N-methyl/N-ethyl adjacent to an activating group) is 2. The van der Waals surface area contributed by atoms with Crippen molar-refractivity contribution >= 4 is 39.3 Å². The fourth-order valence-electron chi connectivity index (χ4n) is 2.80. The summed E-state index contributed by atoms with van der Waals surface area (Å²) in [4.78, 5) is 39.8. The molecule has 24 heavy (non-hydrogen) atoms. The highest BCUT2D eigenvalue weighted by molar-refractivity contribution is 9.10. The van der Waals surface area contributed by atoms with Crippen LogP contribution in [0.3, 0.4) is 0 Å². The normalized spacial score (nSPS) is 17.0. The first-order chi connectivity index (χ1) is 11.5. The van der Waals surface area contributed by atoms with E-state index in [2.05, 4.69) is 21.2 Å². The molecule has 1 N–H and O–H groups in total. The van der Waals surface area contributed by atoms with Gasteiger partial charge >= 0.3 is 0 Å². The van der Waals surface area contributed by atoms with Gasteiger partial charge in [-0.05, 0) is 32.0 Å². The van der Waals surface area contributed by atoms with Crippen LogP contribution in [0.25, 0.3) is 0 Å². The number of anilines is 1. The molecule has 0 radical (unpaired) electrons. The van der Waals surface area contributed by atoms with Gasteiger partial charge in [0.1, 0.15) is 0 Å². The fraction of sp³-hybridized carbons (Fsp3) is 0.471. The maximum absolute atomic E-state index is 12.7. The second-order valence-electron chi connectivity index (χ2n) is 5.69. The molecular weight excluding hydrogens is 374 g/mol. The lowest BCUT2D eigenvalue weighted by Crippen LogP contribution is -2.43. The van der Waals surface area contributed by atoms with E-state index in [-0.39, 0.29) is 30.7 Å². The Morgan fingerprint density at radius 2 is 2.12 bits per heavy atom. The van der Waals surface area contributed by atoms with Gasteiger partial charge in [0.15, 0.2) is 0 Å². The molecular formula is C17H22BrN3O3. The Balaban J connectivity index is 2.06. The molecule has 7 heteroatoms. The minimum absolute atomic E-state index is 0.0325. The zero-order valence-corrected chi connectivity index (χ0v) is 15.5. The molecule has 2 rings (SSSR count). The summed E-state index contributed by atoms with van der Waals surface area (Å²) in [7, 11) is 0. The molecule has 1 atom stereocenters. The van der Waals surface area contributed by atoms with E-state index in [0.29, 0.717) is 19.6 Å². The monoisotopic (exact) mass is 395 g/mol. The molecule has 1 saturated heterocycles. The Morgan fingerprint density at radius 3 is 2.75 bits per heavy atom. The van der Waals surface area contributed by atoms with Crippen molar-refractivity contribution in [2.75, 3.05) is 31.1 Å². The number of carbonyl (C=O) groups is 3. The summed E-state index contributed by atoms with van der Waals surface area (Å²) in [6.45, 7) is 5.02. The molecule has 1 unspecified atom stereocenters. The molecule has 1 aromatic rings. The van der Waals surface area contributed by atoms with Crippen molar-refractivity contribution in [3.63, 3.8) is 0 Å². The molecule has 1 aliphatic rings. The number of rotatable bonds is 6. The third-order valence-corrected chi connectivity index (χ3v) is 4.49. The summed E-state index contributed by atoms with van der Waals surface area (Å²) < 4.78 is 0.883. The van der Waals surface area contributed by atoms with E-state index >= 15 is 0 Å². The lowest BCUT2D eigenvalue weighted by Gasteiger charge is -2.23. The van der Waals surface area contributed by atoms with E-state index in [4.69, 9.17) is 0 Å². The highest BCUT2D eigenvalue weighted by Crippen LogP contribution is 2.28. The Hall–Kier alpha value is -1.89. The van der Waals surface area contributed by atoms with Gasteiger partial charge in [-0.1, -0.05) is 22.0 Å². The first-order valence-corrected chi connectivity index (χ1v) is 8.87. The molecule has 0 aliphatic carbocycles. The van der Waals surface area contributed by atoms with Crippen LogP contribution in [0.4, 0.5) is 5.69 Å². The van der Waals surface area contributed by atoms with Crippen molar-refractivity contribution in [1.29, 1.82) is 0 Å². The Morgan fingerprint density at radius 1 is 1.38 bits per heavy atom. The first kappa shape index (κ1) is 18.4. The number of nitrogens with one attached hydrogen (secondary N) is 1. The van der Waals surface area contributed by atoms with Crippen molar-refractivity contribution in [1.82, 2.24) is 10.2 Å². The summed E-state index contributed by atoms with van der Waals surface area (Å²) in [5.74, 6) is -0.804. The number of benzene rings is 1. The van der Waals surface area contributed by atoms with Crippen molar-refractivity contribution in [2.24, 2.45) is 5.92 Å². The second kappa shape index (κ2) is 8.28. The molecule has 130 valence electrons. The van der Waals surface area contributed by atoms with Gasteiger partial charge in [-0.3, -0.25) is 14.4 Å². The van der Waals surface area contributed by atoms with Crippen LogP contribution in [0.1, 0.15) is 20.3 Å². The highest BCUT2D eigenvalue weighted by atomic mass is 79.9. The van der Waals surface area contributed by atoms with E-state index in [1.54, 1.807) is 4.90 Å². The molecule has 0 spiro atoms. The smallest absolute Gasteiger partial charge is 0.239 e. The van der Waals surface area contributed by atoms with Gasteiger partial charge in [0, 0.05) is 36.2 Å². The summed E-state index contributed by atoms with van der Waals surface area (Å²) >= 11 is 3.39. The van der Waals surface area contributed by atoms with Crippen molar-refractivity contribution < 1.29 is 14.4 Å². The summed E-state index contributed by atoms with van der Waals surface area (Å²) in [6.07, 6.45) is 0.178. The molecule has 0 bridgehead atoms. The van der Waals surface area contributed by atoms with Gasteiger partial charge in [0.25, 0.3) is 0 Å². The van der Waals surface area contributed by atoms with Gasteiger partial charge in [-0.2, -0.15) is 0 Å². The maximum Gasteiger partial charge on any atom is 0.239 e. The van der Waals surface area contributed by atoms with Crippen LogP contribution in [0.2, 0.25) is 0 Å². The van der Waals surface area contributed by atoms with E-state index in [0.717, 1.165) is 10.2 Å². The molecule has 3 amide bonds. The van der Waals surface area contributed by atoms with E-state index in [1.165, 1.54) is 4.90 Å². The maximum atomic E-state index is 12.7. The molecule has 6 nitrogen and oxygen atoms in total. The van der Waals surface area contributed by atoms with Crippen LogP contribution in [0.15, 0.2) is 28.7 Å². The number of hydrogen-bond donors (Lipinski definition) is 1. The lowest BCUT2D eigenvalue weighted by atomic mass is 10.1. The number of carbonyl (C=O) groups excluding carboxylic acids is 3. The van der Waals surface area contributed by atoms with Gasteiger partial charge in [-0.25, -0.2) is 0 Å². The van der Waals surface area contributed by atoms with Gasteiger partial charge in [0.05, 0.1) is 12.5 Å². The standard InChI is InChI=1S/C17H22BrN3O3/c1-3-19-15(22)11-20(4-2)17(24)12-8-16(23)21(10-12)14-7-5-6-13(18)9-14/h5-7,9,12H,3-4,8,10-11H2,1-2H3,(H,19,22). The van der Waals surface area contributed by atoms with Gasteiger partial charge in [0.2, 0.25) is 17.7 Å². The largest absolute Gasteiger partial charge is 0.355 e. The zero-order chi connectivity index (χ0) is 17.7. The topological polar surface area (TPSA) is 69.7 Å². The van der Waals surface area contributed by atoms with Crippen LogP contribution in [0, 0.1) is 5.92 Å². The van der Waals surface area contributed by atoms with E-state index in [9.17, 15) is 14.4 Å². The van der Waals surface area contributed by atoms with Gasteiger partial charge in [-0.15, -0.1) is 0 Å². The molecule has 1 heterocycles. The van der Waals surface area contributed by atoms with Crippen LogP contribution in [-0.4, -0.2) is 48.8 Å². The average molecular weight is 396 g/mol. The van der Waals surface area contributed by atoms with E-state index < -0.39 is 5.92 Å². The van der Waals surface area contributed by atoms with E-state index in [1.807, 2.05) is 38.1 Å². The highest BCUT2D eigenvalue weighted by Gasteiger charge is 2.37. The SMILES string of the molecule is CCNC(=O)CN(CC)C(=O)C1CC(=O)N(c2cccc(Br)c2)C1. The minimum atomic E-state index is -0.411. The second-order valence-corrected chi connectivity index (χ2v) is 6.61. The minimum Gasteiger partial charge on any atom is -0.355 e. The number of nitrogens with zero attached hydrogens (tertiary/aromatic N) is 2. The van der Waals surface area contributed by atoms with Crippen molar-refractivity contribution in [2.45, 2.75) is 20.3 Å². The first-order valence-electron chi connectivity index (χ1n) is 8.07. The Labute approximate surface area is 150 Å². The van der Waals surface area contributed by atoms with Crippen LogP contribution >= 0.6 is 15.9 Å². The fourth-order valence-corrected chi connectivity index (χ4v) is 3.18. The molecule has 0 aromatic heterocycles. The molecule has 1 aromatic carbocycles. The average Bonchev–Trinajstić information content (AvgIpc) is 2.94. The zero-order valence-electron chi connectivity index (χ0n) is 13.9. The lowest BCUT2D eigenvalue weighted by molar-refractivity contribution is -0.139. The van der Waals surface area contributed by atoms with Gasteiger partial charge < -0.3 is 15.1 Å². The molecule has 1 fully saturated rings. The molecule has 0 saturated carbocycles. The van der Waals surface area contributed by atoms with Crippen LogP contribution in [-0.2, 0) is 14.4 Å². The molecule has 1 aliphatic heterocycles. The third kappa shape index (κ3) is 4.35.